The van der Waals surface area contributed by atoms with Gasteiger partial charge in [0.15, 0.2) is 0 Å². The van der Waals surface area contributed by atoms with Crippen LogP contribution in [0.15, 0.2) is 18.2 Å². The van der Waals surface area contributed by atoms with Crippen LogP contribution in [-0.4, -0.2) is 29.4 Å². The Bertz CT molecular complexity index is 555. The van der Waals surface area contributed by atoms with Crippen molar-refractivity contribution in [1.29, 1.82) is 5.41 Å². The molecule has 7 heteroatoms. The Hall–Kier alpha value is -1.37. The van der Waals surface area contributed by atoms with E-state index in [9.17, 15) is 13.2 Å². The van der Waals surface area contributed by atoms with Crippen LogP contribution in [0.1, 0.15) is 25.0 Å². The minimum Gasteiger partial charge on any atom is -0.384 e. The molecule has 0 aromatic heterocycles. The molecule has 1 saturated heterocycles. The zero-order chi connectivity index (χ0) is 15.8. The van der Waals surface area contributed by atoms with Crippen molar-refractivity contribution in [2.45, 2.75) is 24.8 Å². The summed E-state index contributed by atoms with van der Waals surface area (Å²) in [6, 6.07) is 4.00. The molecule has 3 N–H and O–H groups in total. The standard InChI is InChI=1S/C14H18F3N3S/c1-13(2)8-20(5-6-21-13)9-3-4-10(12(18)19)11(7-9)14(15,16)17/h3-4,7H,5-6,8H2,1-2H3,(H3,18,19). The van der Waals surface area contributed by atoms with Crippen LogP contribution < -0.4 is 10.6 Å². The highest BCUT2D eigenvalue weighted by Crippen LogP contribution is 2.37. The van der Waals surface area contributed by atoms with Crippen LogP contribution in [0.3, 0.4) is 0 Å². The van der Waals surface area contributed by atoms with Crippen LogP contribution in [0.25, 0.3) is 0 Å². The molecule has 0 amide bonds. The fraction of sp³-hybridized carbons (Fsp3) is 0.500. The van der Waals surface area contributed by atoms with Gasteiger partial charge in [-0.25, -0.2) is 0 Å². The number of anilines is 1. The molecule has 1 fully saturated rings. The molecule has 1 aromatic carbocycles. The van der Waals surface area contributed by atoms with Crippen molar-refractivity contribution in [1.82, 2.24) is 0 Å². The lowest BCUT2D eigenvalue weighted by atomic mass is 10.0. The second-order valence-corrected chi connectivity index (χ2v) is 7.47. The van der Waals surface area contributed by atoms with Crippen molar-refractivity contribution in [2.24, 2.45) is 5.73 Å². The minimum atomic E-state index is -4.52. The third-order valence-electron chi connectivity index (χ3n) is 3.39. The maximum absolute atomic E-state index is 13.1. The highest BCUT2D eigenvalue weighted by molar-refractivity contribution is 8.00. The summed E-state index contributed by atoms with van der Waals surface area (Å²) >= 11 is 1.82. The third-order valence-corrected chi connectivity index (χ3v) is 4.69. The zero-order valence-corrected chi connectivity index (χ0v) is 12.7. The average molecular weight is 317 g/mol. The summed E-state index contributed by atoms with van der Waals surface area (Å²) < 4.78 is 39.4. The van der Waals surface area contributed by atoms with E-state index in [1.165, 1.54) is 6.07 Å². The largest absolute Gasteiger partial charge is 0.417 e. The molecule has 1 aromatic rings. The summed E-state index contributed by atoms with van der Waals surface area (Å²) in [4.78, 5) is 1.95. The van der Waals surface area contributed by atoms with Gasteiger partial charge in [-0.3, -0.25) is 5.41 Å². The van der Waals surface area contributed by atoms with E-state index in [-0.39, 0.29) is 10.3 Å². The predicted molar refractivity (Wildman–Crippen MR) is 81.2 cm³/mol. The molecule has 116 valence electrons. The number of benzene rings is 1. The molecule has 1 aliphatic heterocycles. The molecule has 0 saturated carbocycles. The lowest BCUT2D eigenvalue weighted by Crippen LogP contribution is -2.43. The van der Waals surface area contributed by atoms with Crippen LogP contribution in [0.4, 0.5) is 18.9 Å². The van der Waals surface area contributed by atoms with E-state index in [0.29, 0.717) is 18.8 Å². The molecule has 0 spiro atoms. The molecule has 0 atom stereocenters. The molecule has 21 heavy (non-hydrogen) atoms. The van der Waals surface area contributed by atoms with E-state index in [1.807, 2.05) is 16.7 Å². The number of nitrogens with zero attached hydrogens (tertiary/aromatic N) is 1. The molecule has 0 unspecified atom stereocenters. The van der Waals surface area contributed by atoms with Crippen LogP contribution in [0, 0.1) is 5.41 Å². The lowest BCUT2D eigenvalue weighted by Gasteiger charge is -2.39. The number of nitrogens with two attached hydrogens (primary N) is 1. The van der Waals surface area contributed by atoms with Gasteiger partial charge in [0.2, 0.25) is 0 Å². The number of amidine groups is 1. The molecule has 0 bridgehead atoms. The van der Waals surface area contributed by atoms with E-state index < -0.39 is 17.6 Å². The monoisotopic (exact) mass is 317 g/mol. The summed E-state index contributed by atoms with van der Waals surface area (Å²) in [7, 11) is 0. The maximum Gasteiger partial charge on any atom is 0.417 e. The second-order valence-electron chi connectivity index (χ2n) is 5.67. The number of hydrogen-bond donors (Lipinski definition) is 2. The first-order chi connectivity index (χ1) is 9.60. The number of alkyl halides is 3. The van der Waals surface area contributed by atoms with Gasteiger partial charge in [0.25, 0.3) is 0 Å². The topological polar surface area (TPSA) is 53.1 Å². The van der Waals surface area contributed by atoms with E-state index >= 15 is 0 Å². The van der Waals surface area contributed by atoms with Gasteiger partial charge in [-0.1, -0.05) is 0 Å². The molecule has 2 rings (SSSR count). The van der Waals surface area contributed by atoms with Crippen molar-refractivity contribution in [3.05, 3.63) is 29.3 Å². The Kier molecular flexibility index (Phi) is 4.15. The fourth-order valence-corrected chi connectivity index (χ4v) is 3.55. The first-order valence-corrected chi connectivity index (χ1v) is 7.53. The van der Waals surface area contributed by atoms with Crippen LogP contribution in [-0.2, 0) is 6.18 Å². The predicted octanol–water partition coefficient (Wildman–Crippen LogP) is 3.32. The third kappa shape index (κ3) is 3.64. The van der Waals surface area contributed by atoms with Gasteiger partial charge in [-0.2, -0.15) is 24.9 Å². The normalized spacial score (nSPS) is 18.6. The number of hydrogen-bond acceptors (Lipinski definition) is 3. The SMILES string of the molecule is CC1(C)CN(c2ccc(C(=N)N)c(C(F)(F)F)c2)CCS1. The average Bonchev–Trinajstić information content (AvgIpc) is 2.35. The molecular formula is C14H18F3N3S. The summed E-state index contributed by atoms with van der Waals surface area (Å²) in [6.45, 7) is 5.57. The van der Waals surface area contributed by atoms with Crippen molar-refractivity contribution in [3.63, 3.8) is 0 Å². The Morgan fingerprint density at radius 1 is 1.38 bits per heavy atom. The second kappa shape index (κ2) is 5.44. The molecule has 3 nitrogen and oxygen atoms in total. The highest BCUT2D eigenvalue weighted by atomic mass is 32.2. The van der Waals surface area contributed by atoms with Crippen LogP contribution >= 0.6 is 11.8 Å². The highest BCUT2D eigenvalue weighted by Gasteiger charge is 2.35. The van der Waals surface area contributed by atoms with Crippen molar-refractivity contribution >= 4 is 23.3 Å². The van der Waals surface area contributed by atoms with Crippen LogP contribution in [0.5, 0.6) is 0 Å². The number of rotatable bonds is 2. The molecular weight excluding hydrogens is 299 g/mol. The van der Waals surface area contributed by atoms with E-state index in [2.05, 4.69) is 13.8 Å². The Morgan fingerprint density at radius 3 is 2.57 bits per heavy atom. The first-order valence-electron chi connectivity index (χ1n) is 6.55. The van der Waals surface area contributed by atoms with Gasteiger partial charge in [-0.05, 0) is 32.0 Å². The van der Waals surface area contributed by atoms with Gasteiger partial charge < -0.3 is 10.6 Å². The number of nitrogens with one attached hydrogen (secondary N) is 1. The summed E-state index contributed by atoms with van der Waals surface area (Å²) in [5.41, 5.74) is 4.67. The number of halogens is 3. The smallest absolute Gasteiger partial charge is 0.384 e. The van der Waals surface area contributed by atoms with Gasteiger partial charge >= 0.3 is 6.18 Å². The summed E-state index contributed by atoms with van der Waals surface area (Å²) in [6.07, 6.45) is -4.52. The van der Waals surface area contributed by atoms with E-state index in [1.54, 1.807) is 6.07 Å². The van der Waals surface area contributed by atoms with Gasteiger partial charge in [0.05, 0.1) is 5.56 Å². The van der Waals surface area contributed by atoms with Gasteiger partial charge in [-0.15, -0.1) is 0 Å². The van der Waals surface area contributed by atoms with Crippen molar-refractivity contribution in [3.8, 4) is 0 Å². The van der Waals surface area contributed by atoms with E-state index in [0.717, 1.165) is 11.8 Å². The van der Waals surface area contributed by atoms with Crippen molar-refractivity contribution < 1.29 is 13.2 Å². The van der Waals surface area contributed by atoms with Gasteiger partial charge in [0, 0.05) is 34.8 Å². The Morgan fingerprint density at radius 2 is 2.05 bits per heavy atom. The fourth-order valence-electron chi connectivity index (χ4n) is 2.44. The Balaban J connectivity index is 2.40. The maximum atomic E-state index is 13.1. The molecule has 1 heterocycles. The van der Waals surface area contributed by atoms with Gasteiger partial charge in [0.1, 0.15) is 5.84 Å². The minimum absolute atomic E-state index is 0.00981. The quantitative estimate of drug-likeness (QED) is 0.650. The molecule has 0 radical (unpaired) electrons. The number of thioether (sulfide) groups is 1. The lowest BCUT2D eigenvalue weighted by molar-refractivity contribution is -0.137. The summed E-state index contributed by atoms with van der Waals surface area (Å²) in [5, 5.41) is 7.30. The first kappa shape index (κ1) is 16.0. The Labute approximate surface area is 126 Å². The molecule has 0 aliphatic carbocycles. The summed E-state index contributed by atoms with van der Waals surface area (Å²) in [5.74, 6) is 0.311. The molecule has 1 aliphatic rings. The van der Waals surface area contributed by atoms with Crippen molar-refractivity contribution in [2.75, 3.05) is 23.7 Å². The number of nitrogen functional groups attached to an aromatic ring is 1. The van der Waals surface area contributed by atoms with Crippen LogP contribution in [0.2, 0.25) is 0 Å². The zero-order valence-electron chi connectivity index (χ0n) is 11.9. The van der Waals surface area contributed by atoms with E-state index in [4.69, 9.17) is 11.1 Å².